The molecule has 0 fully saturated rings. The van der Waals surface area contributed by atoms with Crippen LogP contribution < -0.4 is 0 Å². The third kappa shape index (κ3) is 2.09. The Morgan fingerprint density at radius 2 is 1.88 bits per heavy atom. The first-order valence-electron chi connectivity index (χ1n) is 5.64. The summed E-state index contributed by atoms with van der Waals surface area (Å²) in [7, 11) is 0. The second-order valence-electron chi connectivity index (χ2n) is 4.42. The number of hydrogen-bond donors (Lipinski definition) is 0. The minimum absolute atomic E-state index is 0.274. The number of hydrogen-bond acceptors (Lipinski definition) is 0. The van der Waals surface area contributed by atoms with Crippen molar-refractivity contribution >= 4 is 11.6 Å². The van der Waals surface area contributed by atoms with Crippen LogP contribution in [0.5, 0.6) is 0 Å². The molecule has 0 aliphatic heterocycles. The van der Waals surface area contributed by atoms with Gasteiger partial charge in [-0.25, -0.2) is 4.39 Å². The molecule has 1 nitrogen and oxygen atoms in total. The van der Waals surface area contributed by atoms with E-state index in [1.165, 1.54) is 6.07 Å². The first-order chi connectivity index (χ1) is 8.02. The second kappa shape index (κ2) is 4.53. The van der Waals surface area contributed by atoms with Crippen LogP contribution in [0.2, 0.25) is 5.02 Å². The zero-order chi connectivity index (χ0) is 12.6. The van der Waals surface area contributed by atoms with Gasteiger partial charge < -0.3 is 4.57 Å². The highest BCUT2D eigenvalue weighted by Gasteiger charge is 2.16. The molecule has 0 bridgehead atoms. The Balaban J connectivity index is 2.69. The van der Waals surface area contributed by atoms with Crippen LogP contribution in [0, 0.1) is 12.7 Å². The van der Waals surface area contributed by atoms with E-state index < -0.39 is 0 Å². The Hall–Kier alpha value is -1.28. The summed E-state index contributed by atoms with van der Waals surface area (Å²) in [6.45, 7) is 6.16. The number of halogens is 2. The molecule has 0 unspecified atom stereocenters. The highest BCUT2D eigenvalue weighted by molar-refractivity contribution is 6.33. The first-order valence-corrected chi connectivity index (χ1v) is 6.02. The minimum atomic E-state index is -0.280. The van der Waals surface area contributed by atoms with Crippen molar-refractivity contribution < 1.29 is 4.39 Å². The zero-order valence-corrected chi connectivity index (χ0v) is 10.9. The fourth-order valence-electron chi connectivity index (χ4n) is 2.18. The Labute approximate surface area is 106 Å². The van der Waals surface area contributed by atoms with Crippen LogP contribution in [0.1, 0.15) is 25.6 Å². The molecule has 0 aliphatic carbocycles. The predicted molar refractivity (Wildman–Crippen MR) is 70.0 cm³/mol. The average molecular weight is 252 g/mol. The van der Waals surface area contributed by atoms with Gasteiger partial charge in [0.05, 0.1) is 16.3 Å². The summed E-state index contributed by atoms with van der Waals surface area (Å²) in [5.41, 5.74) is 2.42. The standard InChI is InChI=1S/C14H15ClFN/c1-9(2)17-10(3)7-8-13(17)14-11(15)5-4-6-12(14)16/h4-9H,1-3H3. The third-order valence-electron chi connectivity index (χ3n) is 2.86. The quantitative estimate of drug-likeness (QED) is 0.720. The minimum Gasteiger partial charge on any atom is -0.342 e. The molecular formula is C14H15ClFN. The van der Waals surface area contributed by atoms with Gasteiger partial charge in [0, 0.05) is 11.7 Å². The van der Waals surface area contributed by atoms with Gasteiger partial charge in [-0.1, -0.05) is 17.7 Å². The molecule has 2 rings (SSSR count). The molecule has 1 aromatic carbocycles. The first kappa shape index (κ1) is 12.2. The van der Waals surface area contributed by atoms with E-state index in [9.17, 15) is 4.39 Å². The van der Waals surface area contributed by atoms with Crippen molar-refractivity contribution in [3.05, 3.63) is 46.9 Å². The Bertz CT molecular complexity index is 523. The van der Waals surface area contributed by atoms with Gasteiger partial charge in [0.25, 0.3) is 0 Å². The molecule has 1 aromatic heterocycles. The van der Waals surface area contributed by atoms with Crippen molar-refractivity contribution in [2.24, 2.45) is 0 Å². The average Bonchev–Trinajstić information content (AvgIpc) is 2.60. The predicted octanol–water partition coefficient (Wildman–Crippen LogP) is 4.84. The van der Waals surface area contributed by atoms with E-state index in [2.05, 4.69) is 18.4 Å². The normalized spacial score (nSPS) is 11.2. The van der Waals surface area contributed by atoms with E-state index >= 15 is 0 Å². The Morgan fingerprint density at radius 3 is 2.47 bits per heavy atom. The van der Waals surface area contributed by atoms with Gasteiger partial charge in [-0.2, -0.15) is 0 Å². The van der Waals surface area contributed by atoms with E-state index in [-0.39, 0.29) is 11.9 Å². The van der Waals surface area contributed by atoms with Gasteiger partial charge in [0.1, 0.15) is 5.82 Å². The molecule has 90 valence electrons. The van der Waals surface area contributed by atoms with E-state index in [1.807, 2.05) is 19.1 Å². The number of aromatic nitrogens is 1. The fourth-order valence-corrected chi connectivity index (χ4v) is 2.44. The lowest BCUT2D eigenvalue weighted by Crippen LogP contribution is -2.05. The summed E-state index contributed by atoms with van der Waals surface area (Å²) in [6, 6.07) is 8.95. The fraction of sp³-hybridized carbons (Fsp3) is 0.286. The van der Waals surface area contributed by atoms with Gasteiger partial charge in [-0.15, -0.1) is 0 Å². The SMILES string of the molecule is Cc1ccc(-c2c(F)cccc2Cl)n1C(C)C. The third-order valence-corrected chi connectivity index (χ3v) is 3.17. The maximum atomic E-state index is 13.9. The molecule has 0 saturated heterocycles. The molecule has 1 heterocycles. The van der Waals surface area contributed by atoms with Crippen molar-refractivity contribution in [3.63, 3.8) is 0 Å². The van der Waals surface area contributed by atoms with Crippen molar-refractivity contribution in [3.8, 4) is 11.3 Å². The molecule has 0 radical (unpaired) electrons. The van der Waals surface area contributed by atoms with E-state index in [0.717, 1.165) is 11.4 Å². The van der Waals surface area contributed by atoms with E-state index in [0.29, 0.717) is 10.6 Å². The number of rotatable bonds is 2. The van der Waals surface area contributed by atoms with Crippen molar-refractivity contribution in [1.29, 1.82) is 0 Å². The van der Waals surface area contributed by atoms with Crippen molar-refractivity contribution in [2.45, 2.75) is 26.8 Å². The van der Waals surface area contributed by atoms with Crippen LogP contribution in [-0.2, 0) is 0 Å². The monoisotopic (exact) mass is 251 g/mol. The second-order valence-corrected chi connectivity index (χ2v) is 4.83. The highest BCUT2D eigenvalue weighted by atomic mass is 35.5. The van der Waals surface area contributed by atoms with Crippen LogP contribution in [-0.4, -0.2) is 4.57 Å². The lowest BCUT2D eigenvalue weighted by atomic mass is 10.1. The zero-order valence-electron chi connectivity index (χ0n) is 10.2. The van der Waals surface area contributed by atoms with E-state index in [4.69, 9.17) is 11.6 Å². The molecule has 3 heteroatoms. The summed E-state index contributed by atoms with van der Waals surface area (Å²) >= 11 is 6.10. The van der Waals surface area contributed by atoms with Gasteiger partial charge in [-0.05, 0) is 45.0 Å². The lowest BCUT2D eigenvalue weighted by molar-refractivity contribution is 0.587. The molecule has 0 N–H and O–H groups in total. The smallest absolute Gasteiger partial charge is 0.134 e. The lowest BCUT2D eigenvalue weighted by Gasteiger charge is -2.16. The van der Waals surface area contributed by atoms with E-state index in [1.54, 1.807) is 12.1 Å². The van der Waals surface area contributed by atoms with Crippen LogP contribution in [0.4, 0.5) is 4.39 Å². The molecule has 17 heavy (non-hydrogen) atoms. The molecule has 2 aromatic rings. The maximum absolute atomic E-state index is 13.9. The van der Waals surface area contributed by atoms with Crippen LogP contribution in [0.25, 0.3) is 11.3 Å². The van der Waals surface area contributed by atoms with Gasteiger partial charge in [0.2, 0.25) is 0 Å². The summed E-state index contributed by atoms with van der Waals surface area (Å²) in [5, 5.41) is 0.449. The Morgan fingerprint density at radius 1 is 1.18 bits per heavy atom. The molecule has 0 aliphatic rings. The number of nitrogens with zero attached hydrogens (tertiary/aromatic N) is 1. The van der Waals surface area contributed by atoms with Crippen molar-refractivity contribution in [2.75, 3.05) is 0 Å². The summed E-state index contributed by atoms with van der Waals surface area (Å²) < 4.78 is 16.0. The molecular weight excluding hydrogens is 237 g/mol. The molecule has 0 spiro atoms. The highest BCUT2D eigenvalue weighted by Crippen LogP contribution is 2.33. The topological polar surface area (TPSA) is 4.93 Å². The number of aryl methyl sites for hydroxylation is 1. The van der Waals surface area contributed by atoms with Crippen LogP contribution >= 0.6 is 11.6 Å². The molecule has 0 amide bonds. The van der Waals surface area contributed by atoms with Gasteiger partial charge >= 0.3 is 0 Å². The number of benzene rings is 1. The summed E-state index contributed by atoms with van der Waals surface area (Å²) in [4.78, 5) is 0. The molecule has 0 saturated carbocycles. The van der Waals surface area contributed by atoms with Crippen LogP contribution in [0.3, 0.4) is 0 Å². The summed E-state index contributed by atoms with van der Waals surface area (Å²) in [6.07, 6.45) is 0. The maximum Gasteiger partial charge on any atom is 0.134 e. The Kier molecular flexibility index (Phi) is 3.25. The van der Waals surface area contributed by atoms with Gasteiger partial charge in [-0.3, -0.25) is 0 Å². The van der Waals surface area contributed by atoms with Crippen molar-refractivity contribution in [1.82, 2.24) is 4.57 Å². The summed E-state index contributed by atoms with van der Waals surface area (Å²) in [5.74, 6) is -0.280. The largest absolute Gasteiger partial charge is 0.342 e. The van der Waals surface area contributed by atoms with Crippen LogP contribution in [0.15, 0.2) is 30.3 Å². The van der Waals surface area contributed by atoms with Gasteiger partial charge in [0.15, 0.2) is 0 Å². The molecule has 0 atom stereocenters.